The first-order chi connectivity index (χ1) is 2.89. The molecule has 1 heterocycles. The van der Waals surface area contributed by atoms with Crippen molar-refractivity contribution in [2.75, 3.05) is 0 Å². The van der Waals surface area contributed by atoms with Crippen molar-refractivity contribution in [2.24, 2.45) is 5.10 Å². The van der Waals surface area contributed by atoms with Gasteiger partial charge in [0.2, 0.25) is 0 Å². The van der Waals surface area contributed by atoms with E-state index in [2.05, 4.69) is 5.10 Å². The van der Waals surface area contributed by atoms with Gasteiger partial charge in [0.25, 0.3) is 0 Å². The van der Waals surface area contributed by atoms with Crippen LogP contribution in [-0.2, 0) is 0 Å². The molecule has 1 rings (SSSR count). The van der Waals surface area contributed by atoms with E-state index in [1.807, 2.05) is 0 Å². The number of hydroxylamine groups is 1. The van der Waals surface area contributed by atoms with Gasteiger partial charge in [-0.25, -0.2) is 5.17 Å². The third-order valence-corrected chi connectivity index (χ3v) is 0.527. The summed E-state index contributed by atoms with van der Waals surface area (Å²) >= 11 is 0. The first-order valence-electron chi connectivity index (χ1n) is 1.64. The molecule has 0 radical (unpaired) electrons. The van der Waals surface area contributed by atoms with Crippen LogP contribution in [0.3, 0.4) is 0 Å². The van der Waals surface area contributed by atoms with E-state index in [0.29, 0.717) is 0 Å². The van der Waals surface area contributed by atoms with Gasteiger partial charge in [0, 0.05) is 6.08 Å². The predicted octanol–water partition coefficient (Wildman–Crippen LogP) is -1.12. The van der Waals surface area contributed by atoms with E-state index < -0.39 is 0 Å². The lowest BCUT2D eigenvalue weighted by atomic mass is 10.7. The highest BCUT2D eigenvalue weighted by molar-refractivity contribution is 5.70. The molecule has 6 heavy (non-hydrogen) atoms. The van der Waals surface area contributed by atoms with Crippen LogP contribution in [0, 0.1) is 5.21 Å². The first-order valence-corrected chi connectivity index (χ1v) is 1.64. The van der Waals surface area contributed by atoms with E-state index in [9.17, 15) is 5.21 Å². The maximum absolute atomic E-state index is 9.96. The Morgan fingerprint density at radius 1 is 1.67 bits per heavy atom. The predicted molar refractivity (Wildman–Crippen MR) is 22.0 cm³/mol. The van der Waals surface area contributed by atoms with Crippen LogP contribution < -0.4 is 5.17 Å². The number of nitrogens with zero attached hydrogens (tertiary/aromatic N) is 1. The van der Waals surface area contributed by atoms with Crippen LogP contribution >= 0.6 is 0 Å². The van der Waals surface area contributed by atoms with E-state index in [1.165, 1.54) is 12.4 Å². The average Bonchev–Trinajstić information content (AvgIpc) is 1.86. The standard InChI is InChI=1S/C3H4N2O/c6-5-3-1-2-4-5/h1-3,5H. The van der Waals surface area contributed by atoms with Crippen molar-refractivity contribution in [3.63, 3.8) is 0 Å². The summed E-state index contributed by atoms with van der Waals surface area (Å²) in [6.07, 6.45) is 4.50. The van der Waals surface area contributed by atoms with Crippen LogP contribution in [0.5, 0.6) is 0 Å². The van der Waals surface area contributed by atoms with Crippen molar-refractivity contribution in [3.8, 4) is 0 Å². The molecule has 1 N–H and O–H groups in total. The Morgan fingerprint density at radius 3 is 2.67 bits per heavy atom. The second-order valence-electron chi connectivity index (χ2n) is 0.976. The summed E-state index contributed by atoms with van der Waals surface area (Å²) in [5.41, 5.74) is 0. The van der Waals surface area contributed by atoms with Gasteiger partial charge >= 0.3 is 0 Å². The van der Waals surface area contributed by atoms with E-state index >= 15 is 0 Å². The molecule has 1 aliphatic rings. The Hall–Kier alpha value is -0.670. The number of hydrogen-bond acceptors (Lipinski definition) is 2. The zero-order chi connectivity index (χ0) is 4.41. The molecule has 0 aliphatic carbocycles. The van der Waals surface area contributed by atoms with E-state index in [0.717, 1.165) is 0 Å². The molecule has 0 aromatic carbocycles. The summed E-state index contributed by atoms with van der Waals surface area (Å²) in [5, 5.41) is 13.2. The van der Waals surface area contributed by atoms with Crippen molar-refractivity contribution < 1.29 is 5.17 Å². The summed E-state index contributed by atoms with van der Waals surface area (Å²) in [6.45, 7) is 0. The van der Waals surface area contributed by atoms with Crippen molar-refractivity contribution in [3.05, 3.63) is 17.5 Å². The van der Waals surface area contributed by atoms with E-state index in [4.69, 9.17) is 0 Å². The number of hydrogen-bond donors (Lipinski definition) is 1. The maximum Gasteiger partial charge on any atom is 0.123 e. The molecule has 0 bridgehead atoms. The zero-order valence-electron chi connectivity index (χ0n) is 3.09. The minimum absolute atomic E-state index is 0.157. The molecule has 0 aromatic rings. The highest BCUT2D eigenvalue weighted by Gasteiger charge is 1.85. The fourth-order valence-corrected chi connectivity index (χ4v) is 0.285. The Morgan fingerprint density at radius 2 is 2.50 bits per heavy atom. The fraction of sp³-hybridized carbons (Fsp3) is 0. The lowest BCUT2D eigenvalue weighted by Gasteiger charge is -2.01. The maximum atomic E-state index is 9.96. The number of quaternary nitrogens is 1. The van der Waals surface area contributed by atoms with Gasteiger partial charge in [0.15, 0.2) is 0 Å². The SMILES string of the molecule is [O-][NH+]1C=CC=N1. The molecule has 0 saturated heterocycles. The summed E-state index contributed by atoms with van der Waals surface area (Å²) in [7, 11) is 0. The molecule has 32 valence electrons. The van der Waals surface area contributed by atoms with Crippen molar-refractivity contribution in [1.29, 1.82) is 0 Å². The zero-order valence-corrected chi connectivity index (χ0v) is 3.09. The molecule has 0 amide bonds. The number of allylic oxidation sites excluding steroid dienone is 1. The molecule has 1 atom stereocenters. The summed E-state index contributed by atoms with van der Waals surface area (Å²) in [5.74, 6) is 0. The molecule has 1 aliphatic heterocycles. The summed E-state index contributed by atoms with van der Waals surface area (Å²) in [6, 6.07) is 0. The molecule has 1 unspecified atom stereocenters. The third-order valence-electron chi connectivity index (χ3n) is 0.527. The van der Waals surface area contributed by atoms with Crippen molar-refractivity contribution in [2.45, 2.75) is 0 Å². The Kier molecular flexibility index (Phi) is 0.703. The second-order valence-corrected chi connectivity index (χ2v) is 0.976. The largest absolute Gasteiger partial charge is 0.601 e. The van der Waals surface area contributed by atoms with Crippen LogP contribution in [0.2, 0.25) is 0 Å². The van der Waals surface area contributed by atoms with E-state index in [-0.39, 0.29) is 5.17 Å². The molecular formula is C3H4N2O. The van der Waals surface area contributed by atoms with Gasteiger partial charge in [0.1, 0.15) is 6.20 Å². The monoisotopic (exact) mass is 84.0 g/mol. The van der Waals surface area contributed by atoms with Gasteiger partial charge in [-0.3, -0.25) is 0 Å². The lowest BCUT2D eigenvalue weighted by Crippen LogP contribution is -2.95. The van der Waals surface area contributed by atoms with Gasteiger partial charge in [0.05, 0.1) is 6.21 Å². The second kappa shape index (κ2) is 1.20. The van der Waals surface area contributed by atoms with Gasteiger partial charge in [-0.05, 0) is 0 Å². The molecular weight excluding hydrogens is 80.0 g/mol. The lowest BCUT2D eigenvalue weighted by molar-refractivity contribution is -0.795. The van der Waals surface area contributed by atoms with Crippen LogP contribution in [0.1, 0.15) is 0 Å². The number of nitrogens with one attached hydrogen (secondary N) is 1. The topological polar surface area (TPSA) is 39.9 Å². The van der Waals surface area contributed by atoms with E-state index in [1.54, 1.807) is 6.08 Å². The fourth-order valence-electron chi connectivity index (χ4n) is 0.285. The van der Waals surface area contributed by atoms with Crippen molar-refractivity contribution >= 4 is 6.21 Å². The van der Waals surface area contributed by atoms with Gasteiger partial charge < -0.3 is 5.21 Å². The van der Waals surface area contributed by atoms with Gasteiger partial charge in [-0.1, -0.05) is 5.10 Å². The Balaban J connectivity index is 2.60. The molecule has 0 saturated carbocycles. The Labute approximate surface area is 35.1 Å². The minimum atomic E-state index is -0.157. The first kappa shape index (κ1) is 3.52. The van der Waals surface area contributed by atoms with Crippen LogP contribution in [0.15, 0.2) is 17.4 Å². The Bertz CT molecular complexity index is 85.0. The molecule has 0 fully saturated rings. The normalized spacial score (nSPS) is 29.2. The smallest absolute Gasteiger partial charge is 0.123 e. The molecule has 3 nitrogen and oxygen atoms in total. The van der Waals surface area contributed by atoms with Crippen molar-refractivity contribution in [1.82, 2.24) is 0 Å². The third kappa shape index (κ3) is 0.451. The highest BCUT2D eigenvalue weighted by Crippen LogP contribution is 1.62. The average molecular weight is 84.1 g/mol. The molecule has 3 heteroatoms. The van der Waals surface area contributed by atoms with Gasteiger partial charge in [-0.15, -0.1) is 0 Å². The van der Waals surface area contributed by atoms with Crippen LogP contribution in [-0.4, -0.2) is 6.21 Å². The quantitative estimate of drug-likeness (QED) is 0.371. The molecule has 0 aromatic heterocycles. The minimum Gasteiger partial charge on any atom is -0.601 e. The van der Waals surface area contributed by atoms with Crippen LogP contribution in [0.25, 0.3) is 0 Å². The summed E-state index contributed by atoms with van der Waals surface area (Å²) < 4.78 is 0. The highest BCUT2D eigenvalue weighted by atomic mass is 16.5. The number of rotatable bonds is 0. The summed E-state index contributed by atoms with van der Waals surface area (Å²) in [4.78, 5) is 0. The van der Waals surface area contributed by atoms with Gasteiger partial charge in [-0.2, -0.15) is 0 Å². The molecule has 0 spiro atoms. The van der Waals surface area contributed by atoms with Crippen LogP contribution in [0.4, 0.5) is 0 Å².